The molecule has 0 fully saturated rings. The van der Waals surface area contributed by atoms with Gasteiger partial charge in [0.15, 0.2) is 6.10 Å². The Kier molecular flexibility index (Phi) is 47.3. The van der Waals surface area contributed by atoms with E-state index < -0.39 is 6.10 Å². The molecule has 0 aliphatic carbocycles. The van der Waals surface area contributed by atoms with Crippen molar-refractivity contribution in [1.82, 2.24) is 0 Å². The Hall–Kier alpha value is -2.37. The number of carbonyl (C=O) groups is 3. The van der Waals surface area contributed by atoms with E-state index in [-0.39, 0.29) is 31.1 Å². The zero-order valence-electron chi connectivity index (χ0n) is 40.0. The van der Waals surface area contributed by atoms with Gasteiger partial charge in [-0.05, 0) is 51.4 Å². The van der Waals surface area contributed by atoms with E-state index in [0.29, 0.717) is 19.3 Å². The van der Waals surface area contributed by atoms with E-state index in [1.54, 1.807) is 0 Å². The van der Waals surface area contributed by atoms with Crippen LogP contribution in [0.3, 0.4) is 0 Å². The number of rotatable bonds is 47. The Labute approximate surface area is 372 Å². The first-order chi connectivity index (χ1) is 29.5. The van der Waals surface area contributed by atoms with Crippen LogP contribution >= 0.6 is 0 Å². The minimum atomic E-state index is -0.770. The number of esters is 3. The van der Waals surface area contributed by atoms with Crippen LogP contribution in [-0.4, -0.2) is 37.2 Å². The molecule has 0 heterocycles. The summed E-state index contributed by atoms with van der Waals surface area (Å²) in [6.45, 7) is 6.53. The van der Waals surface area contributed by atoms with Gasteiger partial charge in [0.05, 0.1) is 0 Å². The number of allylic oxidation sites excluding steroid dienone is 6. The molecule has 0 saturated heterocycles. The van der Waals surface area contributed by atoms with E-state index in [9.17, 15) is 14.4 Å². The van der Waals surface area contributed by atoms with E-state index in [4.69, 9.17) is 14.2 Å². The van der Waals surface area contributed by atoms with E-state index in [2.05, 4.69) is 57.2 Å². The van der Waals surface area contributed by atoms with E-state index in [0.717, 1.165) is 83.5 Å². The van der Waals surface area contributed by atoms with Crippen molar-refractivity contribution in [3.05, 3.63) is 36.5 Å². The molecule has 60 heavy (non-hydrogen) atoms. The minimum Gasteiger partial charge on any atom is -0.462 e. The first kappa shape index (κ1) is 57.6. The Morgan fingerprint density at radius 3 is 1.02 bits per heavy atom. The van der Waals surface area contributed by atoms with Gasteiger partial charge in [-0.25, -0.2) is 0 Å². The van der Waals surface area contributed by atoms with Crippen molar-refractivity contribution in [1.29, 1.82) is 0 Å². The predicted octanol–water partition coefficient (Wildman–Crippen LogP) is 16.9. The van der Waals surface area contributed by atoms with Crippen molar-refractivity contribution in [2.45, 2.75) is 277 Å². The van der Waals surface area contributed by atoms with Crippen LogP contribution in [0.25, 0.3) is 0 Å². The lowest BCUT2D eigenvalue weighted by Crippen LogP contribution is -2.30. The second-order valence-corrected chi connectivity index (χ2v) is 17.4. The molecule has 6 nitrogen and oxygen atoms in total. The number of ether oxygens (including phenoxy) is 3. The van der Waals surface area contributed by atoms with Crippen molar-refractivity contribution in [2.75, 3.05) is 13.2 Å². The molecular weight excluding hydrogens is 745 g/mol. The fourth-order valence-corrected chi connectivity index (χ4v) is 7.52. The molecule has 0 aromatic heterocycles. The molecule has 0 spiro atoms. The fourth-order valence-electron chi connectivity index (χ4n) is 7.52. The van der Waals surface area contributed by atoms with Crippen LogP contribution in [0.4, 0.5) is 0 Å². The van der Waals surface area contributed by atoms with Crippen LogP contribution in [-0.2, 0) is 28.6 Å². The van der Waals surface area contributed by atoms with Gasteiger partial charge in [0.1, 0.15) is 13.2 Å². The van der Waals surface area contributed by atoms with Gasteiger partial charge in [-0.15, -0.1) is 0 Å². The van der Waals surface area contributed by atoms with Crippen molar-refractivity contribution < 1.29 is 28.6 Å². The number of unbranched alkanes of at least 4 members (excludes halogenated alkanes) is 30. The van der Waals surface area contributed by atoms with Gasteiger partial charge in [0.25, 0.3) is 0 Å². The number of carbonyl (C=O) groups excluding carboxylic acids is 3. The summed E-state index contributed by atoms with van der Waals surface area (Å²) in [5, 5.41) is 0. The first-order valence-corrected chi connectivity index (χ1v) is 26.0. The predicted molar refractivity (Wildman–Crippen MR) is 256 cm³/mol. The molecular formula is C54H98O6. The maximum absolute atomic E-state index is 12.8. The molecule has 0 saturated carbocycles. The van der Waals surface area contributed by atoms with Crippen molar-refractivity contribution >= 4 is 17.9 Å². The lowest BCUT2D eigenvalue weighted by molar-refractivity contribution is -0.167. The van der Waals surface area contributed by atoms with Crippen molar-refractivity contribution in [3.8, 4) is 0 Å². The molecule has 0 aromatic rings. The van der Waals surface area contributed by atoms with Crippen LogP contribution in [0.5, 0.6) is 0 Å². The smallest absolute Gasteiger partial charge is 0.306 e. The second kappa shape index (κ2) is 49.3. The van der Waals surface area contributed by atoms with Crippen LogP contribution in [0.15, 0.2) is 36.5 Å². The summed E-state index contributed by atoms with van der Waals surface area (Å²) < 4.78 is 16.8. The van der Waals surface area contributed by atoms with Gasteiger partial charge in [-0.2, -0.15) is 0 Å². The van der Waals surface area contributed by atoms with Crippen LogP contribution in [0, 0.1) is 0 Å². The summed E-state index contributed by atoms with van der Waals surface area (Å²) in [6, 6.07) is 0. The highest BCUT2D eigenvalue weighted by atomic mass is 16.6. The highest BCUT2D eigenvalue weighted by Crippen LogP contribution is 2.16. The fraction of sp³-hybridized carbons (Fsp3) is 0.833. The summed E-state index contributed by atoms with van der Waals surface area (Å²) in [5.41, 5.74) is 0. The topological polar surface area (TPSA) is 78.9 Å². The third-order valence-corrected chi connectivity index (χ3v) is 11.4. The first-order valence-electron chi connectivity index (χ1n) is 26.0. The molecule has 0 aliphatic heterocycles. The summed E-state index contributed by atoms with van der Waals surface area (Å²) in [5.74, 6) is -0.872. The van der Waals surface area contributed by atoms with Crippen LogP contribution in [0.2, 0.25) is 0 Å². The minimum absolute atomic E-state index is 0.0714. The van der Waals surface area contributed by atoms with Crippen molar-refractivity contribution in [2.24, 2.45) is 0 Å². The third kappa shape index (κ3) is 46.7. The molecule has 0 bridgehead atoms. The zero-order valence-corrected chi connectivity index (χ0v) is 40.0. The summed E-state index contributed by atoms with van der Waals surface area (Å²) in [6.07, 6.45) is 57.0. The van der Waals surface area contributed by atoms with E-state index in [1.807, 2.05) is 0 Å². The normalized spacial score (nSPS) is 12.2. The molecule has 0 N–H and O–H groups in total. The number of hydrogen-bond acceptors (Lipinski definition) is 6. The highest BCUT2D eigenvalue weighted by Gasteiger charge is 2.19. The molecule has 0 radical (unpaired) electrons. The van der Waals surface area contributed by atoms with Gasteiger partial charge in [-0.3, -0.25) is 14.4 Å². The van der Waals surface area contributed by atoms with Gasteiger partial charge < -0.3 is 14.2 Å². The Bertz CT molecular complexity index is 1020. The van der Waals surface area contributed by atoms with E-state index >= 15 is 0 Å². The maximum atomic E-state index is 12.8. The lowest BCUT2D eigenvalue weighted by atomic mass is 10.0. The van der Waals surface area contributed by atoms with Crippen LogP contribution in [0.1, 0.15) is 271 Å². The van der Waals surface area contributed by atoms with Gasteiger partial charge in [-0.1, -0.05) is 237 Å². The lowest BCUT2D eigenvalue weighted by Gasteiger charge is -2.18. The summed E-state index contributed by atoms with van der Waals surface area (Å²) in [4.78, 5) is 37.9. The Balaban J connectivity index is 4.30. The average molecular weight is 843 g/mol. The monoisotopic (exact) mass is 843 g/mol. The molecule has 0 aromatic carbocycles. The standard InChI is InChI=1S/C54H98O6/c1-4-7-10-13-16-19-21-23-25-27-29-30-32-35-38-41-44-47-53(56)59-50-51(49-58-52(55)46-43-40-37-34-18-15-12-9-6-3)60-54(57)48-45-42-39-36-33-31-28-26-24-22-20-17-14-11-8-5-2/h7,10,16,19,23,25,51H,4-6,8-9,11-15,17-18,20-22,24,26-50H2,1-3H3/b10-7-,19-16-,25-23-. The largest absolute Gasteiger partial charge is 0.462 e. The van der Waals surface area contributed by atoms with E-state index in [1.165, 1.54) is 148 Å². The Morgan fingerprint density at radius 2 is 0.650 bits per heavy atom. The molecule has 6 heteroatoms. The van der Waals surface area contributed by atoms with Gasteiger partial charge >= 0.3 is 17.9 Å². The molecule has 0 aliphatic rings. The SMILES string of the molecule is CC/C=C\C/C=C\C/C=C\CCCCCCCCCC(=O)OCC(COC(=O)CCCCCCCCCCC)OC(=O)CCCCCCCCCCCCCCCCCC. The Morgan fingerprint density at radius 1 is 0.350 bits per heavy atom. The van der Waals surface area contributed by atoms with Crippen LogP contribution < -0.4 is 0 Å². The second-order valence-electron chi connectivity index (χ2n) is 17.4. The van der Waals surface area contributed by atoms with Crippen molar-refractivity contribution in [3.63, 3.8) is 0 Å². The molecule has 1 unspecified atom stereocenters. The summed E-state index contributed by atoms with van der Waals surface area (Å²) in [7, 11) is 0. The van der Waals surface area contributed by atoms with Gasteiger partial charge in [0.2, 0.25) is 0 Å². The highest BCUT2D eigenvalue weighted by molar-refractivity contribution is 5.71. The van der Waals surface area contributed by atoms with Gasteiger partial charge in [0, 0.05) is 19.3 Å². The number of hydrogen-bond donors (Lipinski definition) is 0. The zero-order chi connectivity index (χ0) is 43.7. The molecule has 350 valence electrons. The average Bonchev–Trinajstić information content (AvgIpc) is 3.24. The third-order valence-electron chi connectivity index (χ3n) is 11.4. The molecule has 0 rings (SSSR count). The summed E-state index contributed by atoms with van der Waals surface area (Å²) >= 11 is 0. The molecule has 1 atom stereocenters. The maximum Gasteiger partial charge on any atom is 0.306 e. The quantitative estimate of drug-likeness (QED) is 0.0263. The molecule has 0 amide bonds.